The third-order valence-corrected chi connectivity index (χ3v) is 7.09. The van der Waals surface area contributed by atoms with E-state index in [1.165, 1.54) is 0 Å². The SMILES string of the molecule is CCOC(=O)c1c2c3ccccc3n1CC1CCCC(C1)S(=O)(=O)N2. The molecule has 1 N–H and O–H groups in total. The van der Waals surface area contributed by atoms with Crippen LogP contribution in [0.1, 0.15) is 43.1 Å². The lowest BCUT2D eigenvalue weighted by atomic mass is 9.88. The first-order chi connectivity index (χ1) is 12.0. The van der Waals surface area contributed by atoms with Crippen LogP contribution in [0.15, 0.2) is 24.3 Å². The number of hydrogen-bond acceptors (Lipinski definition) is 4. The summed E-state index contributed by atoms with van der Waals surface area (Å²) < 4.78 is 35.8. The van der Waals surface area contributed by atoms with E-state index in [1.54, 1.807) is 6.92 Å². The van der Waals surface area contributed by atoms with Crippen molar-refractivity contribution in [1.29, 1.82) is 0 Å². The summed E-state index contributed by atoms with van der Waals surface area (Å²) >= 11 is 0. The molecule has 2 aliphatic rings. The lowest BCUT2D eigenvalue weighted by Crippen LogP contribution is -2.33. The fourth-order valence-electron chi connectivity index (χ4n) is 4.18. The summed E-state index contributed by atoms with van der Waals surface area (Å²) in [7, 11) is -3.54. The predicted molar refractivity (Wildman–Crippen MR) is 96.2 cm³/mol. The maximum absolute atomic E-state index is 12.9. The highest BCUT2D eigenvalue weighted by molar-refractivity contribution is 7.93. The number of esters is 1. The number of carbonyl (C=O) groups is 1. The monoisotopic (exact) mass is 362 g/mol. The van der Waals surface area contributed by atoms with Crippen LogP contribution in [0.2, 0.25) is 0 Å². The molecule has 0 saturated heterocycles. The number of fused-ring (bicyclic) bond motifs is 7. The quantitative estimate of drug-likeness (QED) is 0.833. The van der Waals surface area contributed by atoms with Gasteiger partial charge >= 0.3 is 5.97 Å². The molecule has 6 nitrogen and oxygen atoms in total. The molecule has 1 aliphatic carbocycles. The average molecular weight is 362 g/mol. The molecule has 1 aliphatic heterocycles. The van der Waals surface area contributed by atoms with Crippen LogP contribution in [0.5, 0.6) is 0 Å². The van der Waals surface area contributed by atoms with Crippen molar-refractivity contribution in [3.8, 4) is 0 Å². The molecule has 1 saturated carbocycles. The lowest BCUT2D eigenvalue weighted by Gasteiger charge is -2.29. The number of rotatable bonds is 2. The van der Waals surface area contributed by atoms with E-state index in [0.717, 1.165) is 23.7 Å². The van der Waals surface area contributed by atoms with Gasteiger partial charge in [0.05, 0.1) is 23.1 Å². The Kier molecular flexibility index (Phi) is 3.98. The molecule has 4 bridgehead atoms. The Balaban J connectivity index is 2.00. The van der Waals surface area contributed by atoms with Crippen molar-refractivity contribution in [2.45, 2.75) is 44.4 Å². The Hall–Kier alpha value is -2.02. The van der Waals surface area contributed by atoms with Crippen LogP contribution < -0.4 is 4.72 Å². The number of para-hydroxylation sites is 1. The van der Waals surface area contributed by atoms with Gasteiger partial charge in [-0.3, -0.25) is 4.72 Å². The van der Waals surface area contributed by atoms with E-state index in [9.17, 15) is 13.2 Å². The molecule has 2 unspecified atom stereocenters. The van der Waals surface area contributed by atoms with E-state index in [1.807, 2.05) is 28.8 Å². The highest BCUT2D eigenvalue weighted by Gasteiger charge is 2.37. The van der Waals surface area contributed by atoms with Gasteiger partial charge < -0.3 is 9.30 Å². The number of hydrogen-bond donors (Lipinski definition) is 1. The molecule has 4 rings (SSSR count). The van der Waals surface area contributed by atoms with Crippen molar-refractivity contribution < 1.29 is 17.9 Å². The Morgan fingerprint density at radius 2 is 2.12 bits per heavy atom. The van der Waals surface area contributed by atoms with Crippen LogP contribution in [0.3, 0.4) is 0 Å². The molecule has 1 aromatic carbocycles. The number of nitrogens with one attached hydrogen (secondary N) is 1. The summed E-state index contributed by atoms with van der Waals surface area (Å²) in [5, 5.41) is 0.351. The Labute approximate surface area is 147 Å². The highest BCUT2D eigenvalue weighted by Crippen LogP contribution is 2.39. The summed E-state index contributed by atoms with van der Waals surface area (Å²) in [6.07, 6.45) is 3.19. The van der Waals surface area contributed by atoms with Gasteiger partial charge in [0, 0.05) is 11.9 Å². The minimum Gasteiger partial charge on any atom is -0.461 e. The molecule has 2 atom stereocenters. The second-order valence-corrected chi connectivity index (χ2v) is 8.83. The van der Waals surface area contributed by atoms with Gasteiger partial charge in [0.15, 0.2) is 5.69 Å². The maximum Gasteiger partial charge on any atom is 0.357 e. The van der Waals surface area contributed by atoms with E-state index in [0.29, 0.717) is 30.8 Å². The Morgan fingerprint density at radius 3 is 2.92 bits per heavy atom. The predicted octanol–water partition coefficient (Wildman–Crippen LogP) is 3.13. The molecule has 25 heavy (non-hydrogen) atoms. The number of anilines is 1. The second-order valence-electron chi connectivity index (χ2n) is 6.87. The molecule has 2 aromatic rings. The van der Waals surface area contributed by atoms with E-state index in [-0.39, 0.29) is 12.5 Å². The second kappa shape index (κ2) is 6.05. The van der Waals surface area contributed by atoms with Crippen LogP contribution in [0.4, 0.5) is 5.69 Å². The van der Waals surface area contributed by atoms with Crippen molar-refractivity contribution in [1.82, 2.24) is 4.57 Å². The van der Waals surface area contributed by atoms with Gasteiger partial charge in [-0.05, 0) is 38.2 Å². The van der Waals surface area contributed by atoms with E-state index in [2.05, 4.69) is 4.72 Å². The molecule has 2 heterocycles. The van der Waals surface area contributed by atoms with Crippen LogP contribution in [-0.2, 0) is 21.3 Å². The van der Waals surface area contributed by atoms with E-state index >= 15 is 0 Å². The number of sulfonamides is 1. The standard InChI is InChI=1S/C18H22N2O4S/c1-2-24-18(21)17-16-14-8-3-4-9-15(14)20(17)11-12-6-5-7-13(10-12)25(22,23)19-16/h3-4,8-9,12-13,19H,2,5-7,10-11H2,1H3. The highest BCUT2D eigenvalue weighted by atomic mass is 32.2. The third-order valence-electron chi connectivity index (χ3n) is 5.30. The van der Waals surface area contributed by atoms with Crippen LogP contribution in [0.25, 0.3) is 10.9 Å². The average Bonchev–Trinajstić information content (AvgIpc) is 2.89. The number of carbonyl (C=O) groups excluding carboxylic acids is 1. The maximum atomic E-state index is 12.9. The molecule has 1 aromatic heterocycles. The first kappa shape index (κ1) is 16.4. The smallest absolute Gasteiger partial charge is 0.357 e. The molecule has 0 radical (unpaired) electrons. The van der Waals surface area contributed by atoms with Crippen molar-refractivity contribution in [3.63, 3.8) is 0 Å². The largest absolute Gasteiger partial charge is 0.461 e. The zero-order chi connectivity index (χ0) is 17.6. The zero-order valence-corrected chi connectivity index (χ0v) is 15.0. The van der Waals surface area contributed by atoms with E-state index < -0.39 is 21.2 Å². The number of ether oxygens (including phenoxy) is 1. The molecule has 134 valence electrons. The van der Waals surface area contributed by atoms with Crippen molar-refractivity contribution in [2.24, 2.45) is 5.92 Å². The molecule has 0 amide bonds. The van der Waals surface area contributed by atoms with Crippen LogP contribution >= 0.6 is 0 Å². The van der Waals surface area contributed by atoms with E-state index in [4.69, 9.17) is 4.74 Å². The fourth-order valence-corrected chi connectivity index (χ4v) is 5.84. The summed E-state index contributed by atoms with van der Waals surface area (Å²) in [5.41, 5.74) is 1.55. The van der Waals surface area contributed by atoms with Crippen molar-refractivity contribution in [3.05, 3.63) is 30.0 Å². The Morgan fingerprint density at radius 1 is 1.32 bits per heavy atom. The van der Waals surface area contributed by atoms with Crippen molar-refractivity contribution >= 4 is 32.6 Å². The molecule has 0 spiro atoms. The van der Waals surface area contributed by atoms with Gasteiger partial charge in [0.1, 0.15) is 0 Å². The third kappa shape index (κ3) is 2.70. The minimum atomic E-state index is -3.54. The number of nitrogens with zero attached hydrogens (tertiary/aromatic N) is 1. The van der Waals surface area contributed by atoms with Crippen molar-refractivity contribution in [2.75, 3.05) is 11.3 Å². The minimum absolute atomic E-state index is 0.241. The number of benzene rings is 1. The van der Waals surface area contributed by atoms with Gasteiger partial charge in [0.2, 0.25) is 10.0 Å². The molecular weight excluding hydrogens is 340 g/mol. The summed E-state index contributed by atoms with van der Waals surface area (Å²) in [4.78, 5) is 12.7. The molecule has 1 fully saturated rings. The molecule has 7 heteroatoms. The first-order valence-corrected chi connectivity index (χ1v) is 10.4. The van der Waals surface area contributed by atoms with Gasteiger partial charge in [0.25, 0.3) is 0 Å². The summed E-state index contributed by atoms with van der Waals surface area (Å²) in [6, 6.07) is 7.54. The lowest BCUT2D eigenvalue weighted by molar-refractivity contribution is 0.0514. The van der Waals surface area contributed by atoms with Crippen LogP contribution in [0, 0.1) is 5.92 Å². The molecular formula is C18H22N2O4S. The van der Waals surface area contributed by atoms with Gasteiger partial charge in [-0.1, -0.05) is 24.6 Å². The van der Waals surface area contributed by atoms with Crippen LogP contribution in [-0.4, -0.2) is 30.8 Å². The topological polar surface area (TPSA) is 77.4 Å². The summed E-state index contributed by atoms with van der Waals surface area (Å²) in [5.74, 6) is -0.238. The number of aromatic nitrogens is 1. The zero-order valence-electron chi connectivity index (χ0n) is 14.2. The summed E-state index contributed by atoms with van der Waals surface area (Å²) in [6.45, 7) is 2.64. The van der Waals surface area contributed by atoms with Gasteiger partial charge in [-0.2, -0.15) is 0 Å². The first-order valence-electron chi connectivity index (χ1n) is 8.81. The Bertz CT molecular complexity index is 932. The normalized spacial score (nSPS) is 24.7. The van der Waals surface area contributed by atoms with Gasteiger partial charge in [-0.25, -0.2) is 13.2 Å². The van der Waals surface area contributed by atoms with Gasteiger partial charge in [-0.15, -0.1) is 0 Å². The fraction of sp³-hybridized carbons (Fsp3) is 0.500.